The maximum absolute atomic E-state index is 12.8. The van der Waals surface area contributed by atoms with Crippen LogP contribution in [-0.4, -0.2) is 11.8 Å². The van der Waals surface area contributed by atoms with Crippen LogP contribution in [0.3, 0.4) is 0 Å². The second-order valence-electron chi connectivity index (χ2n) is 6.81. The van der Waals surface area contributed by atoms with Crippen LogP contribution in [0, 0.1) is 6.92 Å². The van der Waals surface area contributed by atoms with Crippen LogP contribution in [0.2, 0.25) is 0 Å². The van der Waals surface area contributed by atoms with Gasteiger partial charge in [0, 0.05) is 23.6 Å². The molecule has 0 unspecified atom stereocenters. The van der Waals surface area contributed by atoms with Crippen molar-refractivity contribution in [2.45, 2.75) is 13.8 Å². The maximum atomic E-state index is 12.8. The van der Waals surface area contributed by atoms with Gasteiger partial charge in [0.1, 0.15) is 5.58 Å². The van der Waals surface area contributed by atoms with E-state index in [4.69, 9.17) is 4.42 Å². The number of aryl methyl sites for hydroxylation is 1. The van der Waals surface area contributed by atoms with Crippen LogP contribution in [0.25, 0.3) is 22.1 Å². The third-order valence-electron chi connectivity index (χ3n) is 4.72. The monoisotopic (exact) mass is 384 g/mol. The number of hydrogen-bond acceptors (Lipinski definition) is 3. The van der Waals surface area contributed by atoms with Gasteiger partial charge in [-0.3, -0.25) is 9.59 Å². The van der Waals surface area contributed by atoms with E-state index in [-0.39, 0.29) is 17.6 Å². The molecule has 0 fully saturated rings. The highest BCUT2D eigenvalue weighted by molar-refractivity contribution is 6.09. The fourth-order valence-corrected chi connectivity index (χ4v) is 3.38. The molecule has 0 aliphatic rings. The van der Waals surface area contributed by atoms with Crippen molar-refractivity contribution in [2.24, 2.45) is 0 Å². The molecule has 144 valence electrons. The summed E-state index contributed by atoms with van der Waals surface area (Å²) in [6.07, 6.45) is 0. The Labute approximate surface area is 168 Å². The van der Waals surface area contributed by atoms with E-state index in [0.29, 0.717) is 22.5 Å². The molecule has 0 saturated heterocycles. The first-order chi connectivity index (χ1) is 14.0. The van der Waals surface area contributed by atoms with Crippen molar-refractivity contribution in [3.05, 3.63) is 84.1 Å². The molecule has 0 spiro atoms. The van der Waals surface area contributed by atoms with Crippen LogP contribution >= 0.6 is 0 Å². The van der Waals surface area contributed by atoms with E-state index in [1.807, 2.05) is 61.5 Å². The summed E-state index contributed by atoms with van der Waals surface area (Å²) in [5, 5.41) is 6.39. The topological polar surface area (TPSA) is 71.3 Å². The quantitative estimate of drug-likeness (QED) is 0.480. The fraction of sp³-hybridized carbons (Fsp3) is 0.0833. The Hall–Kier alpha value is -3.86. The summed E-state index contributed by atoms with van der Waals surface area (Å²) in [6, 6.07) is 23.0. The molecule has 2 amide bonds. The lowest BCUT2D eigenvalue weighted by Crippen LogP contribution is -2.12. The van der Waals surface area contributed by atoms with Crippen LogP contribution in [0.4, 0.5) is 11.4 Å². The molecular formula is C24H20N2O3. The molecule has 2 N–H and O–H groups in total. The van der Waals surface area contributed by atoms with Crippen molar-refractivity contribution >= 4 is 34.2 Å². The molecule has 29 heavy (non-hydrogen) atoms. The highest BCUT2D eigenvalue weighted by Gasteiger charge is 2.20. The number of carbonyl (C=O) groups excluding carboxylic acids is 2. The van der Waals surface area contributed by atoms with Crippen LogP contribution in [0.15, 0.2) is 77.2 Å². The van der Waals surface area contributed by atoms with Crippen molar-refractivity contribution < 1.29 is 14.0 Å². The van der Waals surface area contributed by atoms with E-state index in [2.05, 4.69) is 10.6 Å². The van der Waals surface area contributed by atoms with Gasteiger partial charge >= 0.3 is 0 Å². The van der Waals surface area contributed by atoms with Gasteiger partial charge in [-0.15, -0.1) is 0 Å². The first-order valence-electron chi connectivity index (χ1n) is 9.29. The molecule has 5 heteroatoms. The number of anilines is 2. The predicted octanol–water partition coefficient (Wildman–Crippen LogP) is 5.62. The van der Waals surface area contributed by atoms with Gasteiger partial charge in [-0.2, -0.15) is 0 Å². The first kappa shape index (κ1) is 18.5. The van der Waals surface area contributed by atoms with E-state index < -0.39 is 0 Å². The summed E-state index contributed by atoms with van der Waals surface area (Å²) < 4.78 is 5.78. The second-order valence-corrected chi connectivity index (χ2v) is 6.81. The normalized spacial score (nSPS) is 10.7. The molecule has 1 heterocycles. The fourth-order valence-electron chi connectivity index (χ4n) is 3.38. The molecule has 0 radical (unpaired) electrons. The number of benzene rings is 3. The zero-order chi connectivity index (χ0) is 20.4. The van der Waals surface area contributed by atoms with E-state index in [9.17, 15) is 9.59 Å². The summed E-state index contributed by atoms with van der Waals surface area (Å²) in [5.74, 6) is -0.285. The van der Waals surface area contributed by atoms with Gasteiger partial charge in [0.2, 0.25) is 5.91 Å². The number of rotatable bonds is 4. The second kappa shape index (κ2) is 7.64. The third kappa shape index (κ3) is 3.75. The standard InChI is InChI=1S/C24H20N2O3/c1-15-22-20(25-16(2)27)9-6-10-21(22)29-23(15)24(28)26-19-13-11-18(12-14-19)17-7-4-3-5-8-17/h3-14H,1-2H3,(H,25,27)(H,26,28). The van der Waals surface area contributed by atoms with Crippen molar-refractivity contribution in [1.29, 1.82) is 0 Å². The molecular weight excluding hydrogens is 364 g/mol. The molecule has 0 bridgehead atoms. The van der Waals surface area contributed by atoms with Gasteiger partial charge in [0.05, 0.1) is 5.69 Å². The average molecular weight is 384 g/mol. The van der Waals surface area contributed by atoms with Crippen LogP contribution in [-0.2, 0) is 4.79 Å². The molecule has 3 aromatic carbocycles. The predicted molar refractivity (Wildman–Crippen MR) is 115 cm³/mol. The summed E-state index contributed by atoms with van der Waals surface area (Å²) in [7, 11) is 0. The highest BCUT2D eigenvalue weighted by atomic mass is 16.3. The van der Waals surface area contributed by atoms with Crippen molar-refractivity contribution in [3.8, 4) is 11.1 Å². The average Bonchev–Trinajstić information content (AvgIpc) is 3.06. The van der Waals surface area contributed by atoms with Gasteiger partial charge in [-0.1, -0.05) is 48.5 Å². The number of furan rings is 1. The van der Waals surface area contributed by atoms with E-state index >= 15 is 0 Å². The Morgan fingerprint density at radius 3 is 2.17 bits per heavy atom. The first-order valence-corrected chi connectivity index (χ1v) is 9.29. The largest absolute Gasteiger partial charge is 0.451 e. The van der Waals surface area contributed by atoms with Crippen molar-refractivity contribution in [1.82, 2.24) is 0 Å². The number of nitrogens with one attached hydrogen (secondary N) is 2. The number of amides is 2. The zero-order valence-corrected chi connectivity index (χ0v) is 16.2. The van der Waals surface area contributed by atoms with E-state index in [1.165, 1.54) is 6.92 Å². The number of carbonyl (C=O) groups is 2. The highest BCUT2D eigenvalue weighted by Crippen LogP contribution is 2.32. The molecule has 4 aromatic rings. The molecule has 1 aromatic heterocycles. The smallest absolute Gasteiger partial charge is 0.291 e. The summed E-state index contributed by atoms with van der Waals surface area (Å²) >= 11 is 0. The Morgan fingerprint density at radius 1 is 0.793 bits per heavy atom. The lowest BCUT2D eigenvalue weighted by Gasteiger charge is -2.06. The minimum Gasteiger partial charge on any atom is -0.451 e. The Morgan fingerprint density at radius 2 is 1.48 bits per heavy atom. The minimum absolute atomic E-state index is 0.178. The maximum Gasteiger partial charge on any atom is 0.291 e. The Kier molecular flexibility index (Phi) is 4.87. The van der Waals surface area contributed by atoms with Crippen LogP contribution in [0.5, 0.6) is 0 Å². The molecule has 0 aliphatic carbocycles. The third-order valence-corrected chi connectivity index (χ3v) is 4.72. The van der Waals surface area contributed by atoms with Gasteiger partial charge in [-0.05, 0) is 42.3 Å². The Bertz CT molecular complexity index is 1190. The van der Waals surface area contributed by atoms with Crippen molar-refractivity contribution in [2.75, 3.05) is 10.6 Å². The summed E-state index contributed by atoms with van der Waals surface area (Å²) in [4.78, 5) is 24.3. The summed E-state index contributed by atoms with van der Waals surface area (Å²) in [6.45, 7) is 3.26. The van der Waals surface area contributed by atoms with Gasteiger partial charge in [0.15, 0.2) is 5.76 Å². The molecule has 0 saturated carbocycles. The Balaban J connectivity index is 1.59. The van der Waals surface area contributed by atoms with E-state index in [0.717, 1.165) is 16.5 Å². The number of hydrogen-bond donors (Lipinski definition) is 2. The SMILES string of the molecule is CC(=O)Nc1cccc2oc(C(=O)Nc3ccc(-c4ccccc4)cc3)c(C)c12. The molecule has 0 aliphatic heterocycles. The van der Waals surface area contributed by atoms with Crippen molar-refractivity contribution in [3.63, 3.8) is 0 Å². The number of fused-ring (bicyclic) bond motifs is 1. The van der Waals surface area contributed by atoms with Gasteiger partial charge in [0.25, 0.3) is 5.91 Å². The summed E-state index contributed by atoms with van der Waals surface area (Å²) in [5.41, 5.74) is 4.73. The van der Waals surface area contributed by atoms with Crippen LogP contribution in [0.1, 0.15) is 23.0 Å². The van der Waals surface area contributed by atoms with E-state index in [1.54, 1.807) is 18.2 Å². The lowest BCUT2D eigenvalue weighted by atomic mass is 10.1. The molecule has 0 atom stereocenters. The van der Waals surface area contributed by atoms with Gasteiger partial charge < -0.3 is 15.1 Å². The lowest BCUT2D eigenvalue weighted by molar-refractivity contribution is -0.114. The van der Waals surface area contributed by atoms with Crippen LogP contribution < -0.4 is 10.6 Å². The van der Waals surface area contributed by atoms with Gasteiger partial charge in [-0.25, -0.2) is 0 Å². The molecule has 5 nitrogen and oxygen atoms in total. The molecule has 4 rings (SSSR count). The zero-order valence-electron chi connectivity index (χ0n) is 16.2. The minimum atomic E-state index is -0.333.